The maximum absolute atomic E-state index is 11.8. The van der Waals surface area contributed by atoms with Crippen molar-refractivity contribution >= 4 is 5.78 Å². The van der Waals surface area contributed by atoms with E-state index < -0.39 is 11.1 Å². The molecule has 1 heterocycles. The Labute approximate surface area is 103 Å². The van der Waals surface area contributed by atoms with Crippen LogP contribution in [0.3, 0.4) is 0 Å². The number of nitrogens with one attached hydrogen (secondary N) is 1. The lowest BCUT2D eigenvalue weighted by Crippen LogP contribution is -2.75. The van der Waals surface area contributed by atoms with Crippen LogP contribution in [0.1, 0.15) is 40.5 Å². The molecular weight excluding hydrogens is 214 g/mol. The first-order valence-electron chi connectivity index (χ1n) is 6.46. The normalized spacial score (nSPS) is 42.8. The van der Waals surface area contributed by atoms with Crippen molar-refractivity contribution in [1.29, 1.82) is 0 Å². The first-order chi connectivity index (χ1) is 7.64. The standard InChI is InChI=1S/C13H25N3O/c1-8(17)10-13(15,12(4,14)7-16-10)11(2,3)9-5-6-9/h9-10,16H,5-7,14-15H2,1-4H3/t10-,12-,13-/m1/s1. The average Bonchev–Trinajstić information content (AvgIpc) is 2.96. The van der Waals surface area contributed by atoms with Gasteiger partial charge in [0, 0.05) is 12.1 Å². The minimum Gasteiger partial charge on any atom is -0.323 e. The van der Waals surface area contributed by atoms with Crippen LogP contribution in [0.2, 0.25) is 0 Å². The topological polar surface area (TPSA) is 81.1 Å². The van der Waals surface area contributed by atoms with Crippen molar-refractivity contribution in [2.24, 2.45) is 22.8 Å². The summed E-state index contributed by atoms with van der Waals surface area (Å²) in [4.78, 5) is 11.8. The fourth-order valence-electron chi connectivity index (χ4n) is 3.67. The van der Waals surface area contributed by atoms with E-state index in [1.54, 1.807) is 6.92 Å². The Morgan fingerprint density at radius 1 is 1.35 bits per heavy atom. The molecule has 2 fully saturated rings. The first-order valence-corrected chi connectivity index (χ1v) is 6.46. The van der Waals surface area contributed by atoms with E-state index in [0.29, 0.717) is 12.5 Å². The Bertz CT molecular complexity index is 347. The smallest absolute Gasteiger partial charge is 0.148 e. The van der Waals surface area contributed by atoms with Gasteiger partial charge in [0.1, 0.15) is 5.78 Å². The largest absolute Gasteiger partial charge is 0.323 e. The Hall–Kier alpha value is -0.450. The number of ketones is 1. The Balaban J connectivity index is 2.45. The third-order valence-electron chi connectivity index (χ3n) is 5.14. The molecule has 17 heavy (non-hydrogen) atoms. The molecule has 0 spiro atoms. The molecule has 0 aromatic carbocycles. The van der Waals surface area contributed by atoms with Crippen molar-refractivity contribution in [3.63, 3.8) is 0 Å². The molecule has 1 aliphatic carbocycles. The highest BCUT2D eigenvalue weighted by Gasteiger charge is 2.65. The molecule has 0 aromatic heterocycles. The summed E-state index contributed by atoms with van der Waals surface area (Å²) in [6, 6.07) is -0.326. The molecule has 0 radical (unpaired) electrons. The number of hydrogen-bond acceptors (Lipinski definition) is 4. The van der Waals surface area contributed by atoms with Crippen LogP contribution in [0, 0.1) is 11.3 Å². The predicted molar refractivity (Wildman–Crippen MR) is 68.5 cm³/mol. The van der Waals surface area contributed by atoms with Gasteiger partial charge in [-0.25, -0.2) is 0 Å². The van der Waals surface area contributed by atoms with E-state index in [0.717, 1.165) is 0 Å². The fourth-order valence-corrected chi connectivity index (χ4v) is 3.67. The highest BCUT2D eigenvalue weighted by atomic mass is 16.1. The number of rotatable bonds is 3. The molecule has 4 heteroatoms. The van der Waals surface area contributed by atoms with E-state index in [4.69, 9.17) is 11.5 Å². The van der Waals surface area contributed by atoms with Crippen molar-refractivity contribution < 1.29 is 4.79 Å². The van der Waals surface area contributed by atoms with Gasteiger partial charge in [0.2, 0.25) is 0 Å². The van der Waals surface area contributed by atoms with E-state index >= 15 is 0 Å². The van der Waals surface area contributed by atoms with E-state index in [1.165, 1.54) is 12.8 Å². The van der Waals surface area contributed by atoms with Gasteiger partial charge in [-0.1, -0.05) is 13.8 Å². The summed E-state index contributed by atoms with van der Waals surface area (Å²) in [6.07, 6.45) is 2.40. The van der Waals surface area contributed by atoms with Crippen LogP contribution in [0.4, 0.5) is 0 Å². The third kappa shape index (κ3) is 1.58. The second kappa shape index (κ2) is 3.53. The summed E-state index contributed by atoms with van der Waals surface area (Å²) in [5, 5.41) is 3.23. The first kappa shape index (κ1) is 13.0. The number of hydrogen-bond donors (Lipinski definition) is 3. The number of nitrogens with two attached hydrogens (primary N) is 2. The highest BCUT2D eigenvalue weighted by molar-refractivity contribution is 5.84. The molecule has 2 rings (SSSR count). The van der Waals surface area contributed by atoms with Crippen LogP contribution in [0.25, 0.3) is 0 Å². The van der Waals surface area contributed by atoms with Gasteiger partial charge >= 0.3 is 0 Å². The van der Waals surface area contributed by atoms with Crippen molar-refractivity contribution in [3.8, 4) is 0 Å². The summed E-state index contributed by atoms with van der Waals surface area (Å²) < 4.78 is 0. The van der Waals surface area contributed by atoms with E-state index in [1.807, 2.05) is 6.92 Å². The lowest BCUT2D eigenvalue weighted by Gasteiger charge is -2.51. The SMILES string of the molecule is CC(=O)[C@H]1NC[C@@](C)(N)[C@]1(N)C(C)(C)C1CC1. The Morgan fingerprint density at radius 2 is 1.88 bits per heavy atom. The van der Waals surface area contributed by atoms with Crippen molar-refractivity contribution in [2.45, 2.75) is 57.7 Å². The summed E-state index contributed by atoms with van der Waals surface area (Å²) in [5.41, 5.74) is 11.8. The molecule has 0 bridgehead atoms. The second-order valence-electron chi connectivity index (χ2n) is 6.71. The van der Waals surface area contributed by atoms with Crippen LogP contribution >= 0.6 is 0 Å². The summed E-state index contributed by atoms with van der Waals surface area (Å²) in [5.74, 6) is 0.688. The van der Waals surface area contributed by atoms with Gasteiger partial charge in [0.25, 0.3) is 0 Å². The van der Waals surface area contributed by atoms with E-state index in [2.05, 4.69) is 19.2 Å². The van der Waals surface area contributed by atoms with Crippen LogP contribution in [-0.4, -0.2) is 29.4 Å². The predicted octanol–water partition coefficient (Wildman–Crippen LogP) is 0.398. The summed E-state index contributed by atoms with van der Waals surface area (Å²) in [6.45, 7) is 8.50. The van der Waals surface area contributed by atoms with E-state index in [-0.39, 0.29) is 17.2 Å². The summed E-state index contributed by atoms with van der Waals surface area (Å²) in [7, 11) is 0. The third-order valence-corrected chi connectivity index (χ3v) is 5.14. The zero-order valence-electron chi connectivity index (χ0n) is 11.3. The minimum absolute atomic E-state index is 0.0930. The highest BCUT2D eigenvalue weighted by Crippen LogP contribution is 2.55. The number of Topliss-reactive ketones (excluding diaryl/α,β-unsaturated/α-hetero) is 1. The van der Waals surface area contributed by atoms with E-state index in [9.17, 15) is 4.79 Å². The van der Waals surface area contributed by atoms with Gasteiger partial charge in [-0.15, -0.1) is 0 Å². The lowest BCUT2D eigenvalue weighted by molar-refractivity contribution is -0.121. The quantitative estimate of drug-likeness (QED) is 0.666. The maximum atomic E-state index is 11.8. The lowest BCUT2D eigenvalue weighted by atomic mass is 9.58. The van der Waals surface area contributed by atoms with Crippen molar-refractivity contribution in [3.05, 3.63) is 0 Å². The molecule has 1 aliphatic heterocycles. The molecule has 0 aromatic rings. The molecule has 98 valence electrons. The van der Waals surface area contributed by atoms with Crippen molar-refractivity contribution in [2.75, 3.05) is 6.54 Å². The molecule has 1 saturated carbocycles. The molecule has 0 amide bonds. The Morgan fingerprint density at radius 3 is 2.29 bits per heavy atom. The van der Waals surface area contributed by atoms with Crippen LogP contribution in [0.15, 0.2) is 0 Å². The van der Waals surface area contributed by atoms with Gasteiger partial charge in [-0.3, -0.25) is 4.79 Å². The zero-order chi connectivity index (χ0) is 13.1. The molecular formula is C13H25N3O. The van der Waals surface area contributed by atoms with Crippen LogP contribution in [0.5, 0.6) is 0 Å². The number of carbonyl (C=O) groups is 1. The number of carbonyl (C=O) groups excluding carboxylic acids is 1. The maximum Gasteiger partial charge on any atom is 0.148 e. The zero-order valence-corrected chi connectivity index (χ0v) is 11.3. The molecule has 3 atom stereocenters. The van der Waals surface area contributed by atoms with Crippen LogP contribution in [-0.2, 0) is 4.79 Å². The Kier molecular flexibility index (Phi) is 2.70. The van der Waals surface area contributed by atoms with Gasteiger partial charge < -0.3 is 16.8 Å². The molecule has 2 aliphatic rings. The van der Waals surface area contributed by atoms with Crippen LogP contribution < -0.4 is 16.8 Å². The van der Waals surface area contributed by atoms with Gasteiger partial charge in [-0.05, 0) is 38.0 Å². The average molecular weight is 239 g/mol. The van der Waals surface area contributed by atoms with Gasteiger partial charge in [0.05, 0.1) is 11.6 Å². The van der Waals surface area contributed by atoms with Gasteiger partial charge in [-0.2, -0.15) is 0 Å². The second-order valence-corrected chi connectivity index (χ2v) is 6.71. The summed E-state index contributed by atoms with van der Waals surface area (Å²) >= 11 is 0. The monoisotopic (exact) mass is 239 g/mol. The van der Waals surface area contributed by atoms with Gasteiger partial charge in [0.15, 0.2) is 0 Å². The minimum atomic E-state index is -0.674. The molecule has 1 saturated heterocycles. The molecule has 4 nitrogen and oxygen atoms in total. The van der Waals surface area contributed by atoms with Crippen molar-refractivity contribution in [1.82, 2.24) is 5.32 Å². The molecule has 5 N–H and O–H groups in total. The molecule has 0 unspecified atom stereocenters. The fraction of sp³-hybridized carbons (Fsp3) is 0.923.